The smallest absolute Gasteiger partial charge is 0.338 e. The van der Waals surface area contributed by atoms with Crippen LogP contribution in [0.1, 0.15) is 34.7 Å². The number of esters is 1. The number of benzene rings is 2. The number of methoxy groups -OCH3 is 1. The zero-order valence-corrected chi connectivity index (χ0v) is 23.4. The van der Waals surface area contributed by atoms with Gasteiger partial charge in [-0.1, -0.05) is 25.3 Å². The van der Waals surface area contributed by atoms with E-state index in [1.54, 1.807) is 25.3 Å². The van der Waals surface area contributed by atoms with Crippen LogP contribution in [-0.2, 0) is 19.0 Å². The van der Waals surface area contributed by atoms with E-state index < -0.39 is 5.97 Å². The van der Waals surface area contributed by atoms with Gasteiger partial charge in [0.15, 0.2) is 0 Å². The highest BCUT2D eigenvalue weighted by atomic mass is 19.1. The molecular formula is C32H35FN2O6. The fourth-order valence-electron chi connectivity index (χ4n) is 4.56. The molecule has 0 bridgehead atoms. The van der Waals surface area contributed by atoms with Crippen LogP contribution in [0.25, 0.3) is 22.3 Å². The molecule has 2 N–H and O–H groups in total. The van der Waals surface area contributed by atoms with Crippen molar-refractivity contribution >= 4 is 28.5 Å². The molecule has 4 rings (SSSR count). The summed E-state index contributed by atoms with van der Waals surface area (Å²) in [7, 11) is 2.89. The summed E-state index contributed by atoms with van der Waals surface area (Å²) in [5.41, 5.74) is 4.61. The Labute approximate surface area is 238 Å². The first kappa shape index (κ1) is 29.8. The number of ether oxygens (including phenoxy) is 3. The molecule has 0 saturated heterocycles. The maximum Gasteiger partial charge on any atom is 0.338 e. The Kier molecular flexibility index (Phi) is 10.1. The zero-order valence-electron chi connectivity index (χ0n) is 23.4. The van der Waals surface area contributed by atoms with E-state index in [-0.39, 0.29) is 18.3 Å². The minimum absolute atomic E-state index is 0.188. The Balaban J connectivity index is 1.39. The molecule has 41 heavy (non-hydrogen) atoms. The summed E-state index contributed by atoms with van der Waals surface area (Å²) in [5, 5.41) is 6.87. The van der Waals surface area contributed by atoms with Gasteiger partial charge < -0.3 is 29.3 Å². The summed E-state index contributed by atoms with van der Waals surface area (Å²) in [5.74, 6) is -0.293. The molecule has 1 aliphatic carbocycles. The summed E-state index contributed by atoms with van der Waals surface area (Å²) < 4.78 is 35.8. The van der Waals surface area contributed by atoms with Crippen molar-refractivity contribution in [3.8, 4) is 11.3 Å². The molecule has 0 radical (unpaired) electrons. The Morgan fingerprint density at radius 3 is 2.44 bits per heavy atom. The number of furan rings is 1. The monoisotopic (exact) mass is 562 g/mol. The number of carbonyl (C=O) groups is 2. The van der Waals surface area contributed by atoms with Crippen molar-refractivity contribution in [3.05, 3.63) is 89.8 Å². The number of rotatable bonds is 15. The molecule has 3 aromatic rings. The van der Waals surface area contributed by atoms with Gasteiger partial charge >= 0.3 is 5.97 Å². The minimum Gasteiger partial charge on any atom is -0.465 e. The van der Waals surface area contributed by atoms with E-state index in [4.69, 9.17) is 18.6 Å². The summed E-state index contributed by atoms with van der Waals surface area (Å²) >= 11 is 0. The van der Waals surface area contributed by atoms with Crippen LogP contribution < -0.4 is 10.6 Å². The largest absolute Gasteiger partial charge is 0.465 e. The van der Waals surface area contributed by atoms with Crippen molar-refractivity contribution in [2.24, 2.45) is 0 Å². The molecule has 1 aliphatic rings. The van der Waals surface area contributed by atoms with Gasteiger partial charge in [0.1, 0.15) is 17.2 Å². The number of hydrogen-bond acceptors (Lipinski definition) is 7. The number of amides is 1. The van der Waals surface area contributed by atoms with Crippen molar-refractivity contribution in [3.63, 3.8) is 0 Å². The average Bonchev–Trinajstić information content (AvgIpc) is 3.77. The molecule has 1 heterocycles. The highest BCUT2D eigenvalue weighted by molar-refractivity contribution is 6.11. The molecule has 1 amide bonds. The fourth-order valence-corrected chi connectivity index (χ4v) is 4.56. The minimum atomic E-state index is -0.490. The molecule has 0 unspecified atom stereocenters. The topological polar surface area (TPSA) is 99.0 Å². The van der Waals surface area contributed by atoms with Crippen LogP contribution in [0.5, 0.6) is 0 Å². The summed E-state index contributed by atoms with van der Waals surface area (Å²) in [6.07, 6.45) is 5.13. The third kappa shape index (κ3) is 7.11. The predicted octanol–water partition coefficient (Wildman–Crippen LogP) is 5.76. The van der Waals surface area contributed by atoms with E-state index >= 15 is 0 Å². The van der Waals surface area contributed by atoms with Crippen molar-refractivity contribution < 1.29 is 32.6 Å². The number of nitrogens with one attached hydrogen (secondary N) is 2. The molecule has 1 aromatic heterocycles. The van der Waals surface area contributed by atoms with E-state index in [2.05, 4.69) is 23.8 Å². The second-order valence-electron chi connectivity index (χ2n) is 9.53. The van der Waals surface area contributed by atoms with Gasteiger partial charge in [-0.2, -0.15) is 0 Å². The van der Waals surface area contributed by atoms with Crippen molar-refractivity contribution in [1.29, 1.82) is 0 Å². The third-order valence-electron chi connectivity index (χ3n) is 6.83. The first-order chi connectivity index (χ1) is 19.9. The molecule has 8 nitrogen and oxygen atoms in total. The van der Waals surface area contributed by atoms with E-state index in [9.17, 15) is 14.0 Å². The lowest BCUT2D eigenvalue weighted by Crippen LogP contribution is -2.18. The quantitative estimate of drug-likeness (QED) is 0.105. The van der Waals surface area contributed by atoms with Gasteiger partial charge in [-0.3, -0.25) is 4.79 Å². The van der Waals surface area contributed by atoms with Crippen LogP contribution in [-0.4, -0.2) is 59.0 Å². The highest BCUT2D eigenvalue weighted by Crippen LogP contribution is 2.46. The highest BCUT2D eigenvalue weighted by Gasteiger charge is 2.29. The van der Waals surface area contributed by atoms with Gasteiger partial charge in [-0.05, 0) is 60.2 Å². The predicted molar refractivity (Wildman–Crippen MR) is 157 cm³/mol. The molecule has 216 valence electrons. The van der Waals surface area contributed by atoms with Crippen LogP contribution in [0.4, 0.5) is 10.1 Å². The van der Waals surface area contributed by atoms with Gasteiger partial charge in [0.2, 0.25) is 0 Å². The van der Waals surface area contributed by atoms with Gasteiger partial charge in [0.25, 0.3) is 5.91 Å². The summed E-state index contributed by atoms with van der Waals surface area (Å²) in [6, 6.07) is 9.86. The SMILES string of the molecule is C=C/C(COCCOCCNc1cc2oc(-c3ccc(F)cc3)c(C(=O)NC)c2cc1C1CC1)=C(\C=C)C(=O)OC. The third-order valence-corrected chi connectivity index (χ3v) is 6.83. The van der Waals surface area contributed by atoms with Gasteiger partial charge in [0, 0.05) is 36.3 Å². The van der Waals surface area contributed by atoms with E-state index in [0.717, 1.165) is 29.5 Å². The van der Waals surface area contributed by atoms with Crippen molar-refractivity contribution in [1.82, 2.24) is 5.32 Å². The van der Waals surface area contributed by atoms with E-state index in [0.29, 0.717) is 65.9 Å². The maximum atomic E-state index is 13.5. The summed E-state index contributed by atoms with van der Waals surface area (Å²) in [4.78, 5) is 24.7. The van der Waals surface area contributed by atoms with Crippen molar-refractivity contribution in [2.45, 2.75) is 18.8 Å². The first-order valence-corrected chi connectivity index (χ1v) is 13.5. The van der Waals surface area contributed by atoms with E-state index in [1.165, 1.54) is 25.3 Å². The fraction of sp³-hybridized carbons (Fsp3) is 0.312. The Morgan fingerprint density at radius 2 is 1.80 bits per heavy atom. The van der Waals surface area contributed by atoms with Crippen LogP contribution in [0, 0.1) is 5.82 Å². The number of halogens is 1. The molecule has 9 heteroatoms. The molecule has 0 aliphatic heterocycles. The molecule has 0 atom stereocenters. The molecule has 0 spiro atoms. The summed E-state index contributed by atoms with van der Waals surface area (Å²) in [6.45, 7) is 9.26. The van der Waals surface area contributed by atoms with Crippen LogP contribution >= 0.6 is 0 Å². The average molecular weight is 563 g/mol. The molecule has 1 saturated carbocycles. The van der Waals surface area contributed by atoms with Gasteiger partial charge in [0.05, 0.1) is 44.7 Å². The lowest BCUT2D eigenvalue weighted by atomic mass is 10.0. The normalized spacial score (nSPS) is 13.4. The van der Waals surface area contributed by atoms with Crippen LogP contribution in [0.2, 0.25) is 0 Å². The standard InChI is InChI=1S/C32H35FN2O6/c1-5-20(24(6-2)32(37)38-4)19-40-16-15-39-14-13-35-27-18-28-26(17-25(27)21-7-8-21)29(31(36)34-3)30(41-28)22-9-11-23(33)12-10-22/h5-6,9-12,17-18,21,35H,1-2,7-8,13-16,19H2,3-4H3,(H,34,36)/b24-20-. The van der Waals surface area contributed by atoms with Gasteiger partial charge in [-0.15, -0.1) is 0 Å². The first-order valence-electron chi connectivity index (χ1n) is 13.5. The Bertz CT molecular complexity index is 1450. The molecule has 2 aromatic carbocycles. The second kappa shape index (κ2) is 13.9. The molecule has 1 fully saturated rings. The van der Waals surface area contributed by atoms with Gasteiger partial charge in [-0.25, -0.2) is 9.18 Å². The number of hydrogen-bond donors (Lipinski definition) is 2. The lowest BCUT2D eigenvalue weighted by molar-refractivity contribution is -0.135. The van der Waals surface area contributed by atoms with E-state index in [1.807, 2.05) is 12.1 Å². The molecular weight excluding hydrogens is 527 g/mol. The van der Waals surface area contributed by atoms with Crippen LogP contribution in [0.15, 0.2) is 77.3 Å². The number of carbonyl (C=O) groups excluding carboxylic acids is 2. The number of anilines is 1. The lowest BCUT2D eigenvalue weighted by Gasteiger charge is -2.13. The maximum absolute atomic E-state index is 13.5. The van der Waals surface area contributed by atoms with Crippen molar-refractivity contribution in [2.75, 3.05) is 52.4 Å². The zero-order chi connectivity index (χ0) is 29.4. The second-order valence-corrected chi connectivity index (χ2v) is 9.53. The Morgan fingerprint density at radius 1 is 1.07 bits per heavy atom. The van der Waals surface area contributed by atoms with Crippen LogP contribution in [0.3, 0.4) is 0 Å². The Hall–Kier alpha value is -4.21. The number of fused-ring (bicyclic) bond motifs is 1.